The number of carboxylic acids is 1. The van der Waals surface area contributed by atoms with E-state index in [1.165, 1.54) is 0 Å². The molecule has 0 aromatic carbocycles. The van der Waals surface area contributed by atoms with Gasteiger partial charge in [-0.25, -0.2) is 4.79 Å². The predicted molar refractivity (Wildman–Crippen MR) is 83.8 cm³/mol. The minimum atomic E-state index is -0.873. The first-order chi connectivity index (χ1) is 10.6. The fourth-order valence-corrected chi connectivity index (χ4v) is 3.91. The Morgan fingerprint density at radius 3 is 2.74 bits per heavy atom. The molecule has 0 bridgehead atoms. The third kappa shape index (κ3) is 4.24. The Morgan fingerprint density at radius 1 is 1.48 bits per heavy atom. The zero-order chi connectivity index (χ0) is 17.3. The molecule has 130 valence electrons. The van der Waals surface area contributed by atoms with Gasteiger partial charge in [-0.1, -0.05) is 11.6 Å². The Balaban J connectivity index is 2.01. The highest BCUT2D eigenvalue weighted by molar-refractivity contribution is 5.70. The molecule has 2 rings (SSSR count). The molecule has 2 N–H and O–H groups in total. The number of rotatable bonds is 6. The number of ether oxygens (including phenoxy) is 1. The summed E-state index contributed by atoms with van der Waals surface area (Å²) in [6.45, 7) is 5.23. The summed E-state index contributed by atoms with van der Waals surface area (Å²) in [6.07, 6.45) is 3.53. The molecule has 1 amide bonds. The van der Waals surface area contributed by atoms with E-state index >= 15 is 0 Å². The van der Waals surface area contributed by atoms with Crippen molar-refractivity contribution in [2.45, 2.75) is 52.1 Å². The van der Waals surface area contributed by atoms with Gasteiger partial charge in [0.25, 0.3) is 0 Å². The molecule has 6 heteroatoms. The monoisotopic (exact) mass is 327 g/mol. The Kier molecular flexibility index (Phi) is 5.01. The molecular formula is C17H26FNO4. The summed E-state index contributed by atoms with van der Waals surface area (Å²) in [5, 5.41) is 11.9. The smallest absolute Gasteiger partial charge is 0.407 e. The largest absolute Gasteiger partial charge is 0.481 e. The van der Waals surface area contributed by atoms with Gasteiger partial charge in [-0.05, 0) is 51.9 Å². The zero-order valence-corrected chi connectivity index (χ0v) is 14.0. The Bertz CT molecular complexity index is 511. The lowest BCUT2D eigenvalue weighted by molar-refractivity contribution is -0.144. The summed E-state index contributed by atoms with van der Waals surface area (Å²) in [7, 11) is 0. The Morgan fingerprint density at radius 2 is 2.17 bits per heavy atom. The van der Waals surface area contributed by atoms with Crippen molar-refractivity contribution >= 4 is 12.1 Å². The average Bonchev–Trinajstić information content (AvgIpc) is 2.71. The number of hydrogen-bond acceptors (Lipinski definition) is 3. The van der Waals surface area contributed by atoms with Crippen LogP contribution in [0.25, 0.3) is 0 Å². The second-order valence-electron chi connectivity index (χ2n) is 7.75. The number of aliphatic carboxylic acids is 1. The van der Waals surface area contributed by atoms with Gasteiger partial charge < -0.3 is 15.2 Å². The quantitative estimate of drug-likeness (QED) is 0.734. The van der Waals surface area contributed by atoms with Gasteiger partial charge in [0.05, 0.1) is 13.1 Å². The number of carbonyl (C=O) groups is 2. The maximum absolute atomic E-state index is 12.5. The molecule has 23 heavy (non-hydrogen) atoms. The average molecular weight is 327 g/mol. The van der Waals surface area contributed by atoms with Crippen LogP contribution >= 0.6 is 0 Å². The van der Waals surface area contributed by atoms with Crippen molar-refractivity contribution < 1.29 is 23.8 Å². The van der Waals surface area contributed by atoms with Crippen molar-refractivity contribution in [2.75, 3.05) is 13.2 Å². The SMILES string of the molecule is CC(C)(C)OC(=O)NC[C@]1(CC(=O)O)C[C@H]2CC(CCF)=C[C@H]21. The number of allylic oxidation sites excluding steroid dienone is 2. The number of alkyl carbamates (subject to hydrolysis) is 1. The summed E-state index contributed by atoms with van der Waals surface area (Å²) < 4.78 is 17.7. The van der Waals surface area contributed by atoms with Crippen molar-refractivity contribution in [3.05, 3.63) is 11.6 Å². The highest BCUT2D eigenvalue weighted by Crippen LogP contribution is 2.59. The molecule has 0 spiro atoms. The number of nitrogens with one attached hydrogen (secondary N) is 1. The van der Waals surface area contributed by atoms with E-state index in [0.29, 0.717) is 12.3 Å². The van der Waals surface area contributed by atoms with Crippen molar-refractivity contribution in [1.82, 2.24) is 5.32 Å². The van der Waals surface area contributed by atoms with Gasteiger partial charge in [0.2, 0.25) is 0 Å². The topological polar surface area (TPSA) is 75.6 Å². The zero-order valence-electron chi connectivity index (χ0n) is 14.0. The number of hydrogen-bond donors (Lipinski definition) is 2. The van der Waals surface area contributed by atoms with E-state index in [1.807, 2.05) is 6.08 Å². The first kappa shape index (κ1) is 17.8. The molecule has 1 saturated carbocycles. The van der Waals surface area contributed by atoms with E-state index < -0.39 is 23.1 Å². The Hall–Kier alpha value is -1.59. The first-order valence-electron chi connectivity index (χ1n) is 8.09. The molecular weight excluding hydrogens is 301 g/mol. The van der Waals surface area contributed by atoms with Crippen LogP contribution in [0.1, 0.15) is 46.5 Å². The highest BCUT2D eigenvalue weighted by Gasteiger charge is 2.55. The third-order valence-electron chi connectivity index (χ3n) is 4.73. The van der Waals surface area contributed by atoms with Gasteiger partial charge in [-0.15, -0.1) is 0 Å². The second kappa shape index (κ2) is 6.49. The molecule has 2 aliphatic rings. The van der Waals surface area contributed by atoms with Gasteiger partial charge in [-0.3, -0.25) is 9.18 Å². The van der Waals surface area contributed by atoms with Crippen molar-refractivity contribution in [1.29, 1.82) is 0 Å². The number of amides is 1. The summed E-state index contributed by atoms with van der Waals surface area (Å²) >= 11 is 0. The molecule has 5 nitrogen and oxygen atoms in total. The van der Waals surface area contributed by atoms with Gasteiger partial charge >= 0.3 is 12.1 Å². The fourth-order valence-electron chi connectivity index (χ4n) is 3.91. The molecule has 2 aliphatic carbocycles. The number of alkyl halides is 1. The van der Waals surface area contributed by atoms with Gasteiger partial charge in [0, 0.05) is 12.0 Å². The third-order valence-corrected chi connectivity index (χ3v) is 4.73. The fraction of sp³-hybridized carbons (Fsp3) is 0.765. The van der Waals surface area contributed by atoms with Crippen LogP contribution in [0.3, 0.4) is 0 Å². The maximum atomic E-state index is 12.5. The van der Waals surface area contributed by atoms with Crippen LogP contribution in [-0.4, -0.2) is 36.0 Å². The van der Waals surface area contributed by atoms with Crippen LogP contribution in [0.4, 0.5) is 9.18 Å². The number of carbonyl (C=O) groups excluding carboxylic acids is 1. The summed E-state index contributed by atoms with van der Waals surface area (Å²) in [4.78, 5) is 23.1. The molecule has 0 unspecified atom stereocenters. The van der Waals surface area contributed by atoms with E-state index in [4.69, 9.17) is 4.74 Å². The van der Waals surface area contributed by atoms with Gasteiger partial charge in [0.1, 0.15) is 5.60 Å². The molecule has 0 aromatic rings. The van der Waals surface area contributed by atoms with Crippen LogP contribution in [0.15, 0.2) is 11.6 Å². The van der Waals surface area contributed by atoms with E-state index in [-0.39, 0.29) is 25.6 Å². The van der Waals surface area contributed by atoms with Crippen molar-refractivity contribution in [2.24, 2.45) is 17.3 Å². The molecule has 0 radical (unpaired) electrons. The van der Waals surface area contributed by atoms with E-state index in [1.54, 1.807) is 20.8 Å². The van der Waals surface area contributed by atoms with Crippen LogP contribution in [0.2, 0.25) is 0 Å². The molecule has 0 heterocycles. The maximum Gasteiger partial charge on any atom is 0.407 e. The number of halogens is 1. The second-order valence-corrected chi connectivity index (χ2v) is 7.75. The van der Waals surface area contributed by atoms with Gasteiger partial charge in [-0.2, -0.15) is 0 Å². The predicted octanol–water partition coefficient (Wildman–Crippen LogP) is 3.30. The number of carboxylic acid groups (broad SMARTS) is 1. The minimum Gasteiger partial charge on any atom is -0.481 e. The van der Waals surface area contributed by atoms with Gasteiger partial charge in [0.15, 0.2) is 0 Å². The van der Waals surface area contributed by atoms with Crippen LogP contribution in [-0.2, 0) is 9.53 Å². The van der Waals surface area contributed by atoms with Crippen LogP contribution in [0.5, 0.6) is 0 Å². The van der Waals surface area contributed by atoms with E-state index in [0.717, 1.165) is 18.4 Å². The normalized spacial score (nSPS) is 29.3. The standard InChI is InChI=1S/C17H26FNO4/c1-16(2,3)23-15(22)19-10-17(9-14(20)21)8-12-6-11(4-5-18)7-13(12)17/h7,12-13H,4-6,8-10H2,1-3H3,(H,19,22)(H,20,21)/t12-,13-,17-/m1/s1. The lowest BCUT2D eigenvalue weighted by atomic mass is 9.53. The molecule has 3 atom stereocenters. The molecule has 0 aromatic heterocycles. The molecule has 0 aliphatic heterocycles. The minimum absolute atomic E-state index is 0.00334. The van der Waals surface area contributed by atoms with Crippen LogP contribution < -0.4 is 5.32 Å². The van der Waals surface area contributed by atoms with E-state index in [2.05, 4.69) is 5.32 Å². The lowest BCUT2D eigenvalue weighted by Crippen LogP contribution is -2.53. The highest BCUT2D eigenvalue weighted by atomic mass is 19.1. The summed E-state index contributed by atoms with van der Waals surface area (Å²) in [5.74, 6) is -0.381. The summed E-state index contributed by atoms with van der Waals surface area (Å²) in [5.41, 5.74) is 0.00573. The Labute approximate surface area is 136 Å². The van der Waals surface area contributed by atoms with Crippen molar-refractivity contribution in [3.63, 3.8) is 0 Å². The molecule has 1 fully saturated rings. The molecule has 0 saturated heterocycles. The van der Waals surface area contributed by atoms with Crippen molar-refractivity contribution in [3.8, 4) is 0 Å². The van der Waals surface area contributed by atoms with Crippen LogP contribution in [0, 0.1) is 17.3 Å². The first-order valence-corrected chi connectivity index (χ1v) is 8.09. The van der Waals surface area contributed by atoms with E-state index in [9.17, 15) is 19.1 Å². The lowest BCUT2D eigenvalue weighted by Gasteiger charge is -2.51. The summed E-state index contributed by atoms with van der Waals surface area (Å²) in [6, 6.07) is 0. The number of fused-ring (bicyclic) bond motifs is 1.